The van der Waals surface area contributed by atoms with Gasteiger partial charge in [-0.1, -0.05) is 36.4 Å². The van der Waals surface area contributed by atoms with Gasteiger partial charge in [0.2, 0.25) is 5.91 Å². The molecule has 4 saturated heterocycles. The van der Waals surface area contributed by atoms with Crippen molar-refractivity contribution >= 4 is 92.0 Å². The second kappa shape index (κ2) is 24.7. The highest BCUT2D eigenvalue weighted by Gasteiger charge is 2.44. The highest BCUT2D eigenvalue weighted by Crippen LogP contribution is 2.53. The number of hydrogen-bond acceptors (Lipinski definition) is 14. The van der Waals surface area contributed by atoms with E-state index < -0.39 is 121 Å². The van der Waals surface area contributed by atoms with Crippen LogP contribution in [0.2, 0.25) is 10.0 Å². The fraction of sp³-hybridized carbons (Fsp3) is 0.443. The van der Waals surface area contributed by atoms with Gasteiger partial charge in [-0.25, -0.2) is 27.2 Å². The maximum atomic E-state index is 15.9. The molecular weight excluding hydrogens is 1290 g/mol. The number of aromatic nitrogens is 4. The molecule has 30 heteroatoms. The van der Waals surface area contributed by atoms with Crippen LogP contribution in [0.15, 0.2) is 80.7 Å². The molecule has 0 N–H and O–H groups in total. The average Bonchev–Trinajstić information content (AvgIpc) is 0.723. The predicted octanol–water partition coefficient (Wildman–Crippen LogP) is 9.97. The Balaban J connectivity index is 0.791. The predicted molar refractivity (Wildman–Crippen MR) is 330 cm³/mol. The monoisotopic (exact) mass is 1350 g/mol. The molecule has 4 aromatic carbocycles. The van der Waals surface area contributed by atoms with E-state index >= 15 is 35.1 Å². The lowest BCUT2D eigenvalue weighted by Gasteiger charge is -2.45. The topological polar surface area (TPSA) is 130 Å². The lowest BCUT2D eigenvalue weighted by Crippen LogP contribution is -2.58. The van der Waals surface area contributed by atoms with Crippen molar-refractivity contribution in [2.24, 2.45) is 0 Å². The van der Waals surface area contributed by atoms with Crippen molar-refractivity contribution in [1.82, 2.24) is 48.5 Å². The van der Waals surface area contributed by atoms with Gasteiger partial charge in [0, 0.05) is 183 Å². The minimum atomic E-state index is -5.10. The van der Waals surface area contributed by atoms with Gasteiger partial charge in [-0.2, -0.15) is 36.3 Å². The zero-order chi connectivity index (χ0) is 65.0. The fourth-order valence-corrected chi connectivity index (χ4v) is 16.6. The molecule has 0 aliphatic carbocycles. The van der Waals surface area contributed by atoms with E-state index in [2.05, 4.69) is 32.9 Å². The Bertz CT molecular complexity index is 4100. The lowest BCUT2D eigenvalue weighted by molar-refractivity contribution is -0.138. The SMILES string of the molecule is C=CC(=O)N1[C@H](C)CN(c2nc(=O)n3c4c(c(-c5cc(Cl)c(F)cc5F)c(C(F)(F)F)cc24)SCC3CN2CCN(C(=C)C(=O)N3CCN(c4nc(=O)n5c6c(c(-c7cc(Cl)c(F)cc7F)c(C(F)(F)F)cc46)SCC5CN4CCN(C)CC4)CC3)CC2)C[C@@H]1C. The number of carbonyl (C=O) groups is 2. The molecule has 4 atom stereocenters. The van der Waals surface area contributed by atoms with E-state index in [1.807, 2.05) is 11.9 Å². The lowest BCUT2D eigenvalue weighted by atomic mass is 9.95. The molecule has 6 aliphatic rings. The van der Waals surface area contributed by atoms with Gasteiger partial charge in [0.05, 0.1) is 50.0 Å². The Morgan fingerprint density at radius 3 is 1.45 bits per heavy atom. The number of amides is 2. The van der Waals surface area contributed by atoms with E-state index in [1.165, 1.54) is 15.2 Å². The number of rotatable bonds is 11. The van der Waals surface area contributed by atoms with Crippen LogP contribution >= 0.6 is 46.7 Å². The quantitative estimate of drug-likeness (QED) is 0.0693. The molecule has 484 valence electrons. The Kier molecular flexibility index (Phi) is 17.5. The molecular formula is C61H60Cl2F10N12O4S2. The summed E-state index contributed by atoms with van der Waals surface area (Å²) in [6, 6.07) is 1.93. The van der Waals surface area contributed by atoms with Crippen molar-refractivity contribution < 1.29 is 53.5 Å². The van der Waals surface area contributed by atoms with E-state index in [-0.39, 0.29) is 125 Å². The van der Waals surface area contributed by atoms with Gasteiger partial charge in [-0.3, -0.25) is 28.5 Å². The Morgan fingerprint density at radius 1 is 0.604 bits per heavy atom. The average molecular weight is 1350 g/mol. The maximum absolute atomic E-state index is 15.9. The molecule has 4 fully saturated rings. The smallest absolute Gasteiger partial charge is 0.365 e. The first kappa shape index (κ1) is 64.5. The number of carbonyl (C=O) groups excluding carboxylic acids is 2. The zero-order valence-corrected chi connectivity index (χ0v) is 52.5. The molecule has 6 aromatic rings. The minimum absolute atomic E-state index is 0.0145. The summed E-state index contributed by atoms with van der Waals surface area (Å²) in [5.41, 5.74) is -6.09. The first-order valence-corrected chi connectivity index (χ1v) is 32.1. The van der Waals surface area contributed by atoms with Gasteiger partial charge in [0.15, 0.2) is 0 Å². The summed E-state index contributed by atoms with van der Waals surface area (Å²) in [6.07, 6.45) is -9.01. The second-order valence-electron chi connectivity index (χ2n) is 23.8. The number of likely N-dealkylation sites (N-methyl/N-ethyl adjacent to an activating group) is 1. The van der Waals surface area contributed by atoms with Crippen molar-refractivity contribution in [3.8, 4) is 22.3 Å². The van der Waals surface area contributed by atoms with Gasteiger partial charge >= 0.3 is 23.7 Å². The molecule has 0 bridgehead atoms. The van der Waals surface area contributed by atoms with Crippen LogP contribution in [0.1, 0.15) is 37.1 Å². The van der Waals surface area contributed by atoms with Crippen molar-refractivity contribution in [1.29, 1.82) is 0 Å². The normalized spacial score (nSPS) is 21.3. The number of thioether (sulfide) groups is 2. The summed E-state index contributed by atoms with van der Waals surface area (Å²) >= 11 is 14.2. The van der Waals surface area contributed by atoms with Crippen LogP contribution in [0.3, 0.4) is 0 Å². The third kappa shape index (κ3) is 11.9. The third-order valence-corrected chi connectivity index (χ3v) is 21.1. The Labute approximate surface area is 533 Å². The number of anilines is 2. The van der Waals surface area contributed by atoms with Crippen molar-refractivity contribution in [3.05, 3.63) is 127 Å². The largest absolute Gasteiger partial charge is 0.417 e. The molecule has 0 saturated carbocycles. The minimum Gasteiger partial charge on any atom is -0.365 e. The first-order chi connectivity index (χ1) is 43.1. The molecule has 2 amide bonds. The van der Waals surface area contributed by atoms with Crippen LogP contribution in [0.5, 0.6) is 0 Å². The van der Waals surface area contributed by atoms with Crippen LogP contribution < -0.4 is 21.2 Å². The van der Waals surface area contributed by atoms with Gasteiger partial charge in [-0.15, -0.1) is 23.5 Å². The number of nitrogens with zero attached hydrogens (tertiary/aromatic N) is 12. The molecule has 2 unspecified atom stereocenters. The zero-order valence-electron chi connectivity index (χ0n) is 49.3. The summed E-state index contributed by atoms with van der Waals surface area (Å²) in [5, 5.41) is -1.27. The summed E-state index contributed by atoms with van der Waals surface area (Å²) in [4.78, 5) is 79.7. The van der Waals surface area contributed by atoms with Crippen LogP contribution in [0.25, 0.3) is 44.1 Å². The molecule has 12 rings (SSSR count). The molecule has 2 aromatic heterocycles. The Hall–Kier alpha value is -6.56. The molecule has 91 heavy (non-hydrogen) atoms. The van der Waals surface area contributed by atoms with Gasteiger partial charge < -0.3 is 29.4 Å². The number of benzene rings is 4. The van der Waals surface area contributed by atoms with Crippen LogP contribution in [-0.4, -0.2) is 196 Å². The summed E-state index contributed by atoms with van der Waals surface area (Å²) in [6.45, 7) is 16.3. The number of halogens is 12. The summed E-state index contributed by atoms with van der Waals surface area (Å²) < 4.78 is 156. The number of hydrogen-bond donors (Lipinski definition) is 0. The molecule has 0 spiro atoms. The highest BCUT2D eigenvalue weighted by atomic mass is 35.5. The highest BCUT2D eigenvalue weighted by molar-refractivity contribution is 8.00. The molecule has 6 aliphatic heterocycles. The fourth-order valence-electron chi connectivity index (χ4n) is 13.6. The van der Waals surface area contributed by atoms with Gasteiger partial charge in [-0.05, 0) is 51.2 Å². The van der Waals surface area contributed by atoms with E-state index in [9.17, 15) is 28.0 Å². The maximum Gasteiger partial charge on any atom is 0.417 e. The van der Waals surface area contributed by atoms with Crippen molar-refractivity contribution in [3.63, 3.8) is 0 Å². The van der Waals surface area contributed by atoms with E-state index in [4.69, 9.17) is 23.2 Å². The molecule has 8 heterocycles. The van der Waals surface area contributed by atoms with Crippen molar-refractivity contribution in [2.75, 3.05) is 133 Å². The van der Waals surface area contributed by atoms with Crippen molar-refractivity contribution in [2.45, 2.75) is 60.2 Å². The Morgan fingerprint density at radius 2 is 1.02 bits per heavy atom. The number of alkyl halides is 6. The molecule has 0 radical (unpaired) electrons. The summed E-state index contributed by atoms with van der Waals surface area (Å²) in [7, 11) is 1.99. The van der Waals surface area contributed by atoms with Gasteiger partial charge in [0.1, 0.15) is 34.9 Å². The molecule has 16 nitrogen and oxygen atoms in total. The number of piperazine rings is 4. The van der Waals surface area contributed by atoms with Crippen LogP contribution in [0.4, 0.5) is 55.5 Å². The standard InChI is InChI=1S/C61H60Cl2F10N12O4S2/c1-6-48(86)83-31(2)25-82(26-32(83)3)56-39-20-41(61(71,72)73)50(37-22-43(63)47(67)24-45(37)65)54-52(39)85(59(89)75-56)35(30-91-54)28-78-11-13-79(14-12-78)33(4)57(87)81-17-15-80(16-18-81)55-38-19-40(60(68,69)70)49(36-21-42(62)46(66)23-44(36)64)53-51(38)84(58(88)74-55)34(29-90-53)27-77-9-7-76(5)8-10-77/h6,19-24,31-32,34-35H,1,4,7-18,25-30H2,2-3,5H3/t31-,32+,34?,35?. The summed E-state index contributed by atoms with van der Waals surface area (Å²) in [5.74, 6) is -5.63. The van der Waals surface area contributed by atoms with E-state index in [0.717, 1.165) is 60.9 Å². The third-order valence-electron chi connectivity index (χ3n) is 18.1. The van der Waals surface area contributed by atoms with E-state index in [1.54, 1.807) is 38.3 Å². The first-order valence-electron chi connectivity index (χ1n) is 29.4. The van der Waals surface area contributed by atoms with Gasteiger partial charge in [0.25, 0.3) is 5.91 Å². The van der Waals surface area contributed by atoms with Crippen LogP contribution in [-0.2, 0) is 21.9 Å². The second-order valence-corrected chi connectivity index (χ2v) is 26.7. The van der Waals surface area contributed by atoms with E-state index in [0.29, 0.717) is 44.9 Å². The van der Waals surface area contributed by atoms with Crippen LogP contribution in [0, 0.1) is 23.3 Å².